The summed E-state index contributed by atoms with van der Waals surface area (Å²) in [5.41, 5.74) is 1.65. The molecule has 0 radical (unpaired) electrons. The molecule has 0 nitrogen and oxygen atoms in total. The smallest absolute Gasteiger partial charge is 0.0447 e. The lowest BCUT2D eigenvalue weighted by Crippen LogP contribution is -2.39. The maximum atomic E-state index is 2.61. The van der Waals surface area contributed by atoms with Gasteiger partial charge in [0.1, 0.15) is 0 Å². The van der Waals surface area contributed by atoms with E-state index in [9.17, 15) is 0 Å². The maximum absolute atomic E-state index is 2.61. The molecule has 0 saturated heterocycles. The fourth-order valence-corrected chi connectivity index (χ4v) is 17.2. The second-order valence-electron chi connectivity index (χ2n) is 6.71. The topological polar surface area (TPSA) is 0 Å². The van der Waals surface area contributed by atoms with Crippen molar-refractivity contribution in [2.75, 3.05) is 0 Å². The molecular weight excluding hydrogens is 212 g/mol. The summed E-state index contributed by atoms with van der Waals surface area (Å²) in [4.78, 5) is 0. The first-order valence-corrected chi connectivity index (χ1v) is 13.7. The Labute approximate surface area is 99.9 Å². The molecule has 0 heterocycles. The summed E-state index contributed by atoms with van der Waals surface area (Å²) < 4.78 is 0. The zero-order chi connectivity index (χ0) is 11.9. The second kappa shape index (κ2) is 6.90. The van der Waals surface area contributed by atoms with E-state index in [2.05, 4.69) is 40.0 Å². The van der Waals surface area contributed by atoms with E-state index in [1.165, 1.54) is 25.7 Å². The summed E-state index contributed by atoms with van der Waals surface area (Å²) in [6, 6.07) is 3.12. The average molecular weight is 245 g/mol. The summed E-state index contributed by atoms with van der Waals surface area (Å²) in [5.74, 6) is 0. The van der Waals surface area contributed by atoms with E-state index in [0.717, 1.165) is 0 Å². The molecule has 2 heteroatoms. The van der Waals surface area contributed by atoms with Crippen molar-refractivity contribution >= 4 is 16.1 Å². The minimum Gasteiger partial charge on any atom is -0.0696 e. The minimum atomic E-state index is -0.848. The van der Waals surface area contributed by atoms with Crippen LogP contribution in [0.1, 0.15) is 39.5 Å². The quantitative estimate of drug-likeness (QED) is 0.492. The van der Waals surface area contributed by atoms with Crippen LogP contribution in [-0.4, -0.2) is 16.1 Å². The number of rotatable bonds is 8. The largest absolute Gasteiger partial charge is 0.0696 e. The van der Waals surface area contributed by atoms with Crippen molar-refractivity contribution in [1.29, 1.82) is 0 Å². The van der Waals surface area contributed by atoms with Gasteiger partial charge in [0.15, 0.2) is 0 Å². The van der Waals surface area contributed by atoms with Crippen LogP contribution in [0.15, 0.2) is 0 Å². The van der Waals surface area contributed by atoms with Crippen LogP contribution in [0, 0.1) is 0 Å². The van der Waals surface area contributed by atoms with Crippen LogP contribution in [-0.2, 0) is 0 Å². The lowest BCUT2D eigenvalue weighted by molar-refractivity contribution is 0.858. The van der Waals surface area contributed by atoms with Crippen LogP contribution in [0.4, 0.5) is 0 Å². The zero-order valence-electron chi connectivity index (χ0n) is 11.9. The van der Waals surface area contributed by atoms with E-state index >= 15 is 0 Å². The second-order valence-corrected chi connectivity index (χ2v) is 17.8. The average Bonchev–Trinajstić information content (AvgIpc) is 2.10. The van der Waals surface area contributed by atoms with Gasteiger partial charge in [-0.3, -0.25) is 0 Å². The maximum Gasteiger partial charge on any atom is 0.0447 e. The van der Waals surface area contributed by atoms with E-state index in [-0.39, 0.29) is 0 Å². The van der Waals surface area contributed by atoms with Gasteiger partial charge in [-0.1, -0.05) is 83.5 Å². The summed E-state index contributed by atoms with van der Waals surface area (Å²) in [6.45, 7) is 15.1. The highest BCUT2D eigenvalue weighted by atomic mass is 28.4. The van der Waals surface area contributed by atoms with Crippen LogP contribution in [0.25, 0.3) is 0 Å². The third-order valence-electron chi connectivity index (χ3n) is 3.37. The molecule has 0 fully saturated rings. The van der Waals surface area contributed by atoms with E-state index in [1.54, 1.807) is 17.8 Å². The highest BCUT2D eigenvalue weighted by Crippen LogP contribution is 2.28. The van der Waals surface area contributed by atoms with Crippen LogP contribution in [0.3, 0.4) is 0 Å². The monoisotopic (exact) mass is 244 g/mol. The predicted molar refractivity (Wildman–Crippen MR) is 79.2 cm³/mol. The van der Waals surface area contributed by atoms with Crippen molar-refractivity contribution in [1.82, 2.24) is 0 Å². The molecule has 0 aromatic heterocycles. The van der Waals surface area contributed by atoms with E-state index in [1.807, 2.05) is 0 Å². The van der Waals surface area contributed by atoms with Gasteiger partial charge >= 0.3 is 0 Å². The van der Waals surface area contributed by atoms with Crippen molar-refractivity contribution in [2.45, 2.75) is 83.5 Å². The Morgan fingerprint density at radius 3 is 1.27 bits per heavy atom. The van der Waals surface area contributed by atoms with Gasteiger partial charge in [-0.15, -0.1) is 0 Å². The van der Waals surface area contributed by atoms with Crippen LogP contribution >= 0.6 is 0 Å². The van der Waals surface area contributed by atoms with Crippen LogP contribution < -0.4 is 0 Å². The molecule has 0 N–H and O–H groups in total. The first-order chi connectivity index (χ1) is 6.83. The first kappa shape index (κ1) is 15.4. The number of hydrogen-bond donors (Lipinski definition) is 0. The lowest BCUT2D eigenvalue weighted by atomic mass is 10.4. The van der Waals surface area contributed by atoms with Gasteiger partial charge in [0.2, 0.25) is 0 Å². The number of hydrogen-bond acceptors (Lipinski definition) is 0. The van der Waals surface area contributed by atoms with Gasteiger partial charge < -0.3 is 0 Å². The molecule has 0 aromatic rings. The Morgan fingerprint density at radius 1 is 0.667 bits per heavy atom. The third-order valence-corrected chi connectivity index (χ3v) is 14.4. The molecule has 15 heavy (non-hydrogen) atoms. The molecule has 0 aliphatic carbocycles. The molecule has 0 aromatic carbocycles. The molecule has 0 rings (SSSR count). The van der Waals surface area contributed by atoms with Gasteiger partial charge in [0, 0.05) is 16.1 Å². The fourth-order valence-electron chi connectivity index (χ4n) is 2.78. The molecule has 0 amide bonds. The van der Waals surface area contributed by atoms with Crippen LogP contribution in [0.5, 0.6) is 0 Å². The Balaban J connectivity index is 4.04. The molecule has 0 aliphatic heterocycles. The van der Waals surface area contributed by atoms with Crippen LogP contribution in [0.2, 0.25) is 43.9 Å². The molecule has 0 bridgehead atoms. The fraction of sp³-hybridized carbons (Fsp3) is 1.00. The molecule has 0 atom stereocenters. The van der Waals surface area contributed by atoms with E-state index in [4.69, 9.17) is 0 Å². The normalized spacial score (nSPS) is 13.2. The van der Waals surface area contributed by atoms with Gasteiger partial charge in [0.25, 0.3) is 0 Å². The Hall–Kier alpha value is 0.434. The van der Waals surface area contributed by atoms with E-state index < -0.39 is 16.1 Å². The minimum absolute atomic E-state index is 0.848. The van der Waals surface area contributed by atoms with Crippen molar-refractivity contribution in [3.05, 3.63) is 0 Å². The van der Waals surface area contributed by atoms with Gasteiger partial charge in [0.05, 0.1) is 0 Å². The Bertz CT molecular complexity index is 144. The summed E-state index contributed by atoms with van der Waals surface area (Å²) >= 11 is 0. The molecule has 0 unspecified atom stereocenters. The molecular formula is C13H32Si2. The van der Waals surface area contributed by atoms with Crippen molar-refractivity contribution in [3.8, 4) is 0 Å². The van der Waals surface area contributed by atoms with Crippen molar-refractivity contribution in [2.24, 2.45) is 0 Å². The zero-order valence-corrected chi connectivity index (χ0v) is 13.9. The first-order valence-electron chi connectivity index (χ1n) is 6.83. The van der Waals surface area contributed by atoms with Gasteiger partial charge in [-0.2, -0.15) is 0 Å². The summed E-state index contributed by atoms with van der Waals surface area (Å²) in [5, 5.41) is 0. The highest BCUT2D eigenvalue weighted by Gasteiger charge is 2.30. The highest BCUT2D eigenvalue weighted by molar-refractivity contribution is 6.95. The third kappa shape index (κ3) is 8.26. The number of unbranched alkanes of at least 4 members (excludes halogenated alkanes) is 2. The van der Waals surface area contributed by atoms with E-state index in [0.29, 0.717) is 0 Å². The molecule has 0 saturated carbocycles. The molecule has 92 valence electrons. The standard InChI is InChI=1S/C13H32Si2/c1-7-9-11-14(3,4)13-15(5,6)12-10-8-2/h7-13H2,1-6H3. The van der Waals surface area contributed by atoms with Gasteiger partial charge in [-0.25, -0.2) is 0 Å². The van der Waals surface area contributed by atoms with Crippen molar-refractivity contribution in [3.63, 3.8) is 0 Å². The Kier molecular flexibility index (Phi) is 7.10. The summed E-state index contributed by atoms with van der Waals surface area (Å²) in [7, 11) is -1.70. The lowest BCUT2D eigenvalue weighted by Gasteiger charge is -2.32. The van der Waals surface area contributed by atoms with Gasteiger partial charge in [-0.05, 0) is 0 Å². The van der Waals surface area contributed by atoms with Crippen molar-refractivity contribution < 1.29 is 0 Å². The SMILES string of the molecule is CCCC[Si](C)(C)C[Si](C)(C)CCCC. The molecule has 0 aliphatic rings. The molecule has 0 spiro atoms. The summed E-state index contributed by atoms with van der Waals surface area (Å²) in [6.07, 6.45) is 5.70. The predicted octanol–water partition coefficient (Wildman–Crippen LogP) is 5.54. The Morgan fingerprint density at radius 2 is 1.00 bits per heavy atom.